The Hall–Kier alpha value is -0.280. The van der Waals surface area contributed by atoms with Crippen molar-refractivity contribution in [2.24, 2.45) is 5.73 Å². The number of rotatable bonds is 2. The number of amides is 1. The average molecular weight is 167 g/mol. The van der Waals surface area contributed by atoms with Gasteiger partial charge < -0.3 is 11.1 Å². The Labute approximate surface area is 67.8 Å². The number of halogens is 1. The van der Waals surface area contributed by atoms with E-state index in [0.29, 0.717) is 0 Å². The van der Waals surface area contributed by atoms with E-state index in [2.05, 4.69) is 5.32 Å². The lowest BCUT2D eigenvalue weighted by Crippen LogP contribution is -2.41. The van der Waals surface area contributed by atoms with Crippen molar-refractivity contribution in [3.05, 3.63) is 0 Å². The second kappa shape index (κ2) is 5.50. The summed E-state index contributed by atoms with van der Waals surface area (Å²) in [6.07, 6.45) is 0. The zero-order chi connectivity index (χ0) is 7.44. The smallest absolute Gasteiger partial charge is 0.236 e. The van der Waals surface area contributed by atoms with Crippen LogP contribution in [0.4, 0.5) is 0 Å². The fourth-order valence-corrected chi connectivity index (χ4v) is 0.416. The molecule has 1 unspecified atom stereocenters. The van der Waals surface area contributed by atoms with E-state index < -0.39 is 6.04 Å². The van der Waals surface area contributed by atoms with E-state index in [4.69, 9.17) is 5.73 Å². The van der Waals surface area contributed by atoms with Crippen LogP contribution >= 0.6 is 12.4 Å². The van der Waals surface area contributed by atoms with E-state index in [0.717, 1.165) is 0 Å². The third kappa shape index (κ3) is 5.85. The molecule has 0 rings (SSSR count). The van der Waals surface area contributed by atoms with Crippen molar-refractivity contribution in [2.45, 2.75) is 32.9 Å². The van der Waals surface area contributed by atoms with E-state index in [1.54, 1.807) is 6.92 Å². The molecule has 0 aliphatic rings. The highest BCUT2D eigenvalue weighted by Gasteiger charge is 2.06. The number of hydrogen-bond acceptors (Lipinski definition) is 2. The minimum atomic E-state index is -0.396. The number of nitrogens with two attached hydrogens (primary N) is 1. The zero-order valence-electron chi connectivity index (χ0n) is 6.55. The standard InChI is InChI=1S/C6H14N2O.ClH/c1-4(2)8-6(9)5(3)7;/h4-5H,7H2,1-3H3,(H,8,9);1H. The molecule has 0 aliphatic carbocycles. The van der Waals surface area contributed by atoms with E-state index in [-0.39, 0.29) is 24.4 Å². The maximum Gasteiger partial charge on any atom is 0.236 e. The first kappa shape index (κ1) is 12.4. The van der Waals surface area contributed by atoms with Crippen molar-refractivity contribution in [3.63, 3.8) is 0 Å². The Balaban J connectivity index is 0. The van der Waals surface area contributed by atoms with Crippen molar-refractivity contribution in [1.82, 2.24) is 5.32 Å². The van der Waals surface area contributed by atoms with Gasteiger partial charge in [0.05, 0.1) is 6.04 Å². The lowest BCUT2D eigenvalue weighted by atomic mass is 10.3. The van der Waals surface area contributed by atoms with Crippen LogP contribution in [0.2, 0.25) is 0 Å². The van der Waals surface area contributed by atoms with Gasteiger partial charge in [-0.05, 0) is 20.8 Å². The molecule has 0 spiro atoms. The van der Waals surface area contributed by atoms with Gasteiger partial charge >= 0.3 is 0 Å². The SMILES string of the molecule is CC(C)NC(=O)C(C)N.Cl. The second-order valence-electron chi connectivity index (χ2n) is 2.45. The molecule has 3 nitrogen and oxygen atoms in total. The largest absolute Gasteiger partial charge is 0.353 e. The van der Waals surface area contributed by atoms with Crippen molar-refractivity contribution in [2.75, 3.05) is 0 Å². The van der Waals surface area contributed by atoms with Crippen molar-refractivity contribution in [1.29, 1.82) is 0 Å². The highest BCUT2D eigenvalue weighted by atomic mass is 35.5. The fourth-order valence-electron chi connectivity index (χ4n) is 0.416. The highest BCUT2D eigenvalue weighted by molar-refractivity contribution is 5.85. The van der Waals surface area contributed by atoms with Gasteiger partial charge in [-0.2, -0.15) is 0 Å². The molecule has 3 N–H and O–H groups in total. The van der Waals surface area contributed by atoms with Crippen molar-refractivity contribution < 1.29 is 4.79 Å². The summed E-state index contributed by atoms with van der Waals surface area (Å²) in [5.41, 5.74) is 5.27. The van der Waals surface area contributed by atoms with E-state index in [1.807, 2.05) is 13.8 Å². The molecule has 62 valence electrons. The lowest BCUT2D eigenvalue weighted by Gasteiger charge is -2.09. The normalized spacial score (nSPS) is 12.1. The van der Waals surface area contributed by atoms with Gasteiger partial charge in [0.2, 0.25) is 5.91 Å². The van der Waals surface area contributed by atoms with Gasteiger partial charge in [-0.3, -0.25) is 4.79 Å². The molecule has 0 fully saturated rings. The van der Waals surface area contributed by atoms with Crippen LogP contribution in [0.5, 0.6) is 0 Å². The highest BCUT2D eigenvalue weighted by Crippen LogP contribution is 1.79. The first-order valence-electron chi connectivity index (χ1n) is 3.10. The molecule has 4 heteroatoms. The van der Waals surface area contributed by atoms with Crippen LogP contribution in [-0.4, -0.2) is 18.0 Å². The molecule has 0 aromatic heterocycles. The maximum absolute atomic E-state index is 10.7. The van der Waals surface area contributed by atoms with Crippen LogP contribution < -0.4 is 11.1 Å². The summed E-state index contributed by atoms with van der Waals surface area (Å²) in [6.45, 7) is 5.47. The van der Waals surface area contributed by atoms with Gasteiger partial charge in [-0.25, -0.2) is 0 Å². The molecule has 1 amide bonds. The summed E-state index contributed by atoms with van der Waals surface area (Å²) >= 11 is 0. The summed E-state index contributed by atoms with van der Waals surface area (Å²) in [6, 6.07) is -0.212. The van der Waals surface area contributed by atoms with Crippen LogP contribution in [0.15, 0.2) is 0 Å². The Bertz CT molecular complexity index is 104. The summed E-state index contributed by atoms with van der Waals surface area (Å²) in [4.78, 5) is 10.7. The van der Waals surface area contributed by atoms with Crippen LogP contribution in [0.3, 0.4) is 0 Å². The first-order valence-corrected chi connectivity index (χ1v) is 3.10. The lowest BCUT2D eigenvalue weighted by molar-refractivity contribution is -0.122. The Morgan fingerprint density at radius 2 is 1.80 bits per heavy atom. The average Bonchev–Trinajstić information content (AvgIpc) is 1.63. The quantitative estimate of drug-likeness (QED) is 0.619. The Morgan fingerprint density at radius 3 is 1.90 bits per heavy atom. The summed E-state index contributed by atoms with van der Waals surface area (Å²) in [5.74, 6) is -0.0926. The minimum Gasteiger partial charge on any atom is -0.353 e. The number of nitrogens with one attached hydrogen (secondary N) is 1. The third-order valence-corrected chi connectivity index (χ3v) is 0.844. The summed E-state index contributed by atoms with van der Waals surface area (Å²) in [7, 11) is 0. The predicted molar refractivity (Wildman–Crippen MR) is 44.2 cm³/mol. The molecular weight excluding hydrogens is 152 g/mol. The van der Waals surface area contributed by atoms with E-state index in [9.17, 15) is 4.79 Å². The van der Waals surface area contributed by atoms with E-state index >= 15 is 0 Å². The fraction of sp³-hybridized carbons (Fsp3) is 0.833. The van der Waals surface area contributed by atoms with Crippen LogP contribution in [0.1, 0.15) is 20.8 Å². The van der Waals surface area contributed by atoms with Crippen LogP contribution in [0, 0.1) is 0 Å². The molecule has 0 saturated carbocycles. The van der Waals surface area contributed by atoms with Gasteiger partial charge in [0.1, 0.15) is 0 Å². The van der Waals surface area contributed by atoms with Gasteiger partial charge in [0.25, 0.3) is 0 Å². The molecule has 0 aromatic carbocycles. The second-order valence-corrected chi connectivity index (χ2v) is 2.45. The van der Waals surface area contributed by atoms with Gasteiger partial charge in [-0.15, -0.1) is 12.4 Å². The molecule has 0 radical (unpaired) electrons. The number of carbonyl (C=O) groups is 1. The summed E-state index contributed by atoms with van der Waals surface area (Å²) in [5, 5.41) is 2.68. The maximum atomic E-state index is 10.7. The first-order chi connectivity index (χ1) is 4.04. The van der Waals surface area contributed by atoms with E-state index in [1.165, 1.54) is 0 Å². The molecule has 0 aromatic rings. The van der Waals surface area contributed by atoms with Gasteiger partial charge in [-0.1, -0.05) is 0 Å². The molecule has 10 heavy (non-hydrogen) atoms. The molecular formula is C6H15ClN2O. The molecule has 0 saturated heterocycles. The predicted octanol–water partition coefficient (Wildman–Crippen LogP) is 0.280. The monoisotopic (exact) mass is 166 g/mol. The van der Waals surface area contributed by atoms with Crippen LogP contribution in [0.25, 0.3) is 0 Å². The summed E-state index contributed by atoms with van der Waals surface area (Å²) < 4.78 is 0. The molecule has 0 heterocycles. The van der Waals surface area contributed by atoms with Crippen LogP contribution in [-0.2, 0) is 4.79 Å². The Morgan fingerprint density at radius 1 is 1.40 bits per heavy atom. The van der Waals surface area contributed by atoms with Crippen molar-refractivity contribution in [3.8, 4) is 0 Å². The molecule has 1 atom stereocenters. The van der Waals surface area contributed by atoms with Crippen molar-refractivity contribution >= 4 is 18.3 Å². The number of carbonyl (C=O) groups excluding carboxylic acids is 1. The van der Waals surface area contributed by atoms with Gasteiger partial charge in [0.15, 0.2) is 0 Å². The topological polar surface area (TPSA) is 55.1 Å². The van der Waals surface area contributed by atoms with Gasteiger partial charge in [0, 0.05) is 6.04 Å². The molecule has 0 aliphatic heterocycles. The minimum absolute atomic E-state index is 0. The number of hydrogen-bond donors (Lipinski definition) is 2. The molecule has 0 bridgehead atoms. The Kier molecular flexibility index (Phi) is 6.82. The third-order valence-electron chi connectivity index (χ3n) is 0.844. The zero-order valence-corrected chi connectivity index (χ0v) is 7.37.